The minimum Gasteiger partial charge on any atom is -0.362 e. The Balaban J connectivity index is 2.71. The molecule has 0 aromatic rings. The average Bonchev–Trinajstić information content (AvgIpc) is 1.92. The Kier molecular flexibility index (Phi) is 2.36. The van der Waals surface area contributed by atoms with Gasteiger partial charge in [0.05, 0.1) is 5.82 Å². The van der Waals surface area contributed by atoms with Crippen LogP contribution in [0.2, 0.25) is 0 Å². The van der Waals surface area contributed by atoms with Gasteiger partial charge in [-0.3, -0.25) is 0 Å². The van der Waals surface area contributed by atoms with Gasteiger partial charge in [-0.2, -0.15) is 0 Å². The van der Waals surface area contributed by atoms with Crippen molar-refractivity contribution in [3.05, 3.63) is 12.4 Å². The summed E-state index contributed by atoms with van der Waals surface area (Å²) < 4.78 is 0. The maximum atomic E-state index is 4.09. The molecule has 0 amide bonds. The summed E-state index contributed by atoms with van der Waals surface area (Å²) in [4.78, 5) is 4.60. The van der Waals surface area contributed by atoms with Gasteiger partial charge in [-0.15, -0.1) is 0 Å². The standard InChI is InChI=1S/C10H20N2/c1-9-11(5)7-6-8-12(9)10(2,3)4/h1,6-8H2,2-5H3. The van der Waals surface area contributed by atoms with E-state index in [1.54, 1.807) is 0 Å². The van der Waals surface area contributed by atoms with Gasteiger partial charge in [0.25, 0.3) is 0 Å². The van der Waals surface area contributed by atoms with Crippen molar-refractivity contribution >= 4 is 0 Å². The maximum Gasteiger partial charge on any atom is 0.0966 e. The molecule has 0 spiro atoms. The highest BCUT2D eigenvalue weighted by molar-refractivity contribution is 5.00. The predicted octanol–water partition coefficient (Wildman–Crippen LogP) is 1.89. The lowest BCUT2D eigenvalue weighted by Gasteiger charge is -2.45. The van der Waals surface area contributed by atoms with Crippen LogP contribution in [-0.2, 0) is 0 Å². The first kappa shape index (κ1) is 9.43. The molecule has 0 aliphatic carbocycles. The summed E-state index contributed by atoms with van der Waals surface area (Å²) >= 11 is 0. The Morgan fingerprint density at radius 1 is 1.25 bits per heavy atom. The zero-order valence-corrected chi connectivity index (χ0v) is 8.72. The van der Waals surface area contributed by atoms with Gasteiger partial charge in [-0.1, -0.05) is 6.58 Å². The lowest BCUT2D eigenvalue weighted by molar-refractivity contribution is 0.0972. The van der Waals surface area contributed by atoms with E-state index in [9.17, 15) is 0 Å². The Bertz CT molecular complexity index is 179. The molecule has 0 aromatic carbocycles. The van der Waals surface area contributed by atoms with Gasteiger partial charge >= 0.3 is 0 Å². The third-order valence-electron chi connectivity index (χ3n) is 2.44. The van der Waals surface area contributed by atoms with Gasteiger partial charge in [-0.25, -0.2) is 0 Å². The summed E-state index contributed by atoms with van der Waals surface area (Å²) in [5.74, 6) is 1.16. The summed E-state index contributed by atoms with van der Waals surface area (Å²) in [5, 5.41) is 0. The van der Waals surface area contributed by atoms with Gasteiger partial charge in [0.1, 0.15) is 0 Å². The van der Waals surface area contributed by atoms with Crippen LogP contribution in [0.1, 0.15) is 27.2 Å². The number of hydrogen-bond acceptors (Lipinski definition) is 2. The first-order valence-corrected chi connectivity index (χ1v) is 4.60. The van der Waals surface area contributed by atoms with Crippen LogP contribution in [0.3, 0.4) is 0 Å². The van der Waals surface area contributed by atoms with Crippen molar-refractivity contribution < 1.29 is 0 Å². The van der Waals surface area contributed by atoms with Gasteiger partial charge in [0.2, 0.25) is 0 Å². The van der Waals surface area contributed by atoms with E-state index in [0.29, 0.717) is 0 Å². The van der Waals surface area contributed by atoms with Crippen LogP contribution in [0.4, 0.5) is 0 Å². The molecule has 70 valence electrons. The molecular formula is C10H20N2. The molecule has 1 fully saturated rings. The van der Waals surface area contributed by atoms with E-state index in [0.717, 1.165) is 18.9 Å². The number of hydrogen-bond donors (Lipinski definition) is 0. The molecule has 1 rings (SSSR count). The molecule has 2 heteroatoms. The monoisotopic (exact) mass is 168 g/mol. The molecule has 0 saturated carbocycles. The number of rotatable bonds is 0. The Morgan fingerprint density at radius 3 is 2.25 bits per heavy atom. The lowest BCUT2D eigenvalue weighted by Crippen LogP contribution is -2.49. The molecule has 1 saturated heterocycles. The van der Waals surface area contributed by atoms with Crippen LogP contribution in [-0.4, -0.2) is 35.5 Å². The first-order chi connectivity index (χ1) is 5.43. The largest absolute Gasteiger partial charge is 0.362 e. The quantitative estimate of drug-likeness (QED) is 0.545. The zero-order valence-electron chi connectivity index (χ0n) is 8.72. The normalized spacial score (nSPS) is 20.2. The Labute approximate surface area is 75.8 Å². The Hall–Kier alpha value is -0.660. The SMILES string of the molecule is C=C1N(C)CCCN1C(C)(C)C. The highest BCUT2D eigenvalue weighted by Crippen LogP contribution is 2.23. The summed E-state index contributed by atoms with van der Waals surface area (Å²) in [5.41, 5.74) is 0.214. The summed E-state index contributed by atoms with van der Waals surface area (Å²) in [6.45, 7) is 13.1. The molecule has 2 nitrogen and oxygen atoms in total. The van der Waals surface area contributed by atoms with Crippen LogP contribution in [0, 0.1) is 0 Å². The van der Waals surface area contributed by atoms with Crippen molar-refractivity contribution in [2.75, 3.05) is 20.1 Å². The van der Waals surface area contributed by atoms with E-state index in [1.165, 1.54) is 6.42 Å². The minimum atomic E-state index is 0.214. The van der Waals surface area contributed by atoms with Crippen LogP contribution >= 0.6 is 0 Å². The Morgan fingerprint density at radius 2 is 1.83 bits per heavy atom. The van der Waals surface area contributed by atoms with Crippen LogP contribution < -0.4 is 0 Å². The molecule has 1 aliphatic heterocycles. The fourth-order valence-corrected chi connectivity index (χ4v) is 1.65. The van der Waals surface area contributed by atoms with Crippen molar-refractivity contribution in [3.63, 3.8) is 0 Å². The lowest BCUT2D eigenvalue weighted by atomic mass is 10.0. The molecule has 0 bridgehead atoms. The molecule has 0 radical (unpaired) electrons. The van der Waals surface area contributed by atoms with E-state index >= 15 is 0 Å². The van der Waals surface area contributed by atoms with Crippen molar-refractivity contribution in [1.82, 2.24) is 9.80 Å². The van der Waals surface area contributed by atoms with Crippen LogP contribution in [0.15, 0.2) is 12.4 Å². The molecule has 1 heterocycles. The van der Waals surface area contributed by atoms with Crippen molar-refractivity contribution in [1.29, 1.82) is 0 Å². The van der Waals surface area contributed by atoms with Gasteiger partial charge in [0.15, 0.2) is 0 Å². The second-order valence-electron chi connectivity index (χ2n) is 4.51. The fourth-order valence-electron chi connectivity index (χ4n) is 1.65. The summed E-state index contributed by atoms with van der Waals surface area (Å²) in [6.07, 6.45) is 1.24. The molecule has 0 aromatic heterocycles. The molecule has 0 atom stereocenters. The highest BCUT2D eigenvalue weighted by atomic mass is 15.4. The van der Waals surface area contributed by atoms with Crippen LogP contribution in [0.25, 0.3) is 0 Å². The van der Waals surface area contributed by atoms with Crippen molar-refractivity contribution in [3.8, 4) is 0 Å². The van der Waals surface area contributed by atoms with Crippen LogP contribution in [0.5, 0.6) is 0 Å². The second-order valence-corrected chi connectivity index (χ2v) is 4.51. The second kappa shape index (κ2) is 3.00. The van der Waals surface area contributed by atoms with Crippen molar-refractivity contribution in [2.45, 2.75) is 32.7 Å². The zero-order chi connectivity index (χ0) is 9.35. The highest BCUT2D eigenvalue weighted by Gasteiger charge is 2.26. The molecule has 1 aliphatic rings. The molecule has 12 heavy (non-hydrogen) atoms. The molecule has 0 N–H and O–H groups in total. The van der Waals surface area contributed by atoms with Gasteiger partial charge in [0, 0.05) is 25.7 Å². The summed E-state index contributed by atoms with van der Waals surface area (Å²) in [6, 6.07) is 0. The fraction of sp³-hybridized carbons (Fsp3) is 0.800. The molecule has 0 unspecified atom stereocenters. The third-order valence-corrected chi connectivity index (χ3v) is 2.44. The predicted molar refractivity (Wildman–Crippen MR) is 52.8 cm³/mol. The third kappa shape index (κ3) is 1.74. The van der Waals surface area contributed by atoms with Gasteiger partial charge < -0.3 is 9.80 Å². The minimum absolute atomic E-state index is 0.214. The molecular weight excluding hydrogens is 148 g/mol. The van der Waals surface area contributed by atoms with E-state index in [4.69, 9.17) is 0 Å². The smallest absolute Gasteiger partial charge is 0.0966 e. The van der Waals surface area contributed by atoms with E-state index < -0.39 is 0 Å². The average molecular weight is 168 g/mol. The topological polar surface area (TPSA) is 6.48 Å². The van der Waals surface area contributed by atoms with Gasteiger partial charge in [-0.05, 0) is 27.2 Å². The summed E-state index contributed by atoms with van der Waals surface area (Å²) in [7, 11) is 2.11. The van der Waals surface area contributed by atoms with E-state index in [1.807, 2.05) is 0 Å². The first-order valence-electron chi connectivity index (χ1n) is 4.60. The maximum absolute atomic E-state index is 4.09. The van der Waals surface area contributed by atoms with E-state index in [-0.39, 0.29) is 5.54 Å². The van der Waals surface area contributed by atoms with E-state index in [2.05, 4.69) is 44.2 Å². The van der Waals surface area contributed by atoms with Crippen molar-refractivity contribution in [2.24, 2.45) is 0 Å². The number of nitrogens with zero attached hydrogens (tertiary/aromatic N) is 2.